The molecule has 0 spiro atoms. The average Bonchev–Trinajstić information content (AvgIpc) is 2.97. The highest BCUT2D eigenvalue weighted by Gasteiger charge is 2.21. The number of rotatable bonds is 6. The number of carbonyl (C=O) groups is 1. The molecule has 0 saturated carbocycles. The fraction of sp³-hybridized carbons (Fsp3) is 0.500. The van der Waals surface area contributed by atoms with Gasteiger partial charge < -0.3 is 20.8 Å². The van der Waals surface area contributed by atoms with Crippen LogP contribution in [0.4, 0.5) is 0 Å². The summed E-state index contributed by atoms with van der Waals surface area (Å²) in [5.74, 6) is 1.42. The zero-order chi connectivity index (χ0) is 19.2. The van der Waals surface area contributed by atoms with Crippen molar-refractivity contribution >= 4 is 22.8 Å². The number of primary amides is 1. The molecule has 0 aliphatic carbocycles. The molecule has 0 radical (unpaired) electrons. The van der Waals surface area contributed by atoms with Crippen molar-refractivity contribution in [3.63, 3.8) is 0 Å². The monoisotopic (exact) mass is 371 g/mol. The Morgan fingerprint density at radius 1 is 1.33 bits per heavy atom. The van der Waals surface area contributed by atoms with Gasteiger partial charge in [0.05, 0.1) is 6.54 Å². The second-order valence-corrected chi connectivity index (χ2v) is 7.00. The SMILES string of the molecule is CCNC(=NCc1oc2ccccc2c1C)NC1CCN(CC(N)=O)CC1. The summed E-state index contributed by atoms with van der Waals surface area (Å²) in [5, 5.41) is 7.96. The number of likely N-dealkylation sites (tertiary alicyclic amines) is 1. The van der Waals surface area contributed by atoms with Gasteiger partial charge in [0.15, 0.2) is 5.96 Å². The molecule has 2 heterocycles. The number of aliphatic imine (C=N–C) groups is 1. The van der Waals surface area contributed by atoms with Gasteiger partial charge in [-0.3, -0.25) is 9.69 Å². The van der Waals surface area contributed by atoms with Crippen LogP contribution in [0.25, 0.3) is 11.0 Å². The number of nitrogens with one attached hydrogen (secondary N) is 2. The number of nitrogens with two attached hydrogens (primary N) is 1. The van der Waals surface area contributed by atoms with Gasteiger partial charge in [-0.25, -0.2) is 4.99 Å². The van der Waals surface area contributed by atoms with Crippen molar-refractivity contribution in [2.24, 2.45) is 10.7 Å². The first kappa shape index (κ1) is 19.2. The highest BCUT2D eigenvalue weighted by Crippen LogP contribution is 2.25. The summed E-state index contributed by atoms with van der Waals surface area (Å²) >= 11 is 0. The zero-order valence-electron chi connectivity index (χ0n) is 16.1. The summed E-state index contributed by atoms with van der Waals surface area (Å²) in [7, 11) is 0. The van der Waals surface area contributed by atoms with Crippen LogP contribution in [0, 0.1) is 6.92 Å². The Morgan fingerprint density at radius 3 is 2.74 bits per heavy atom. The highest BCUT2D eigenvalue weighted by molar-refractivity contribution is 5.82. The predicted octanol–water partition coefficient (Wildman–Crippen LogP) is 1.75. The molecule has 27 heavy (non-hydrogen) atoms. The van der Waals surface area contributed by atoms with Crippen molar-refractivity contribution in [2.45, 2.75) is 39.3 Å². The summed E-state index contributed by atoms with van der Waals surface area (Å²) in [6.45, 7) is 7.49. The molecule has 1 aliphatic rings. The lowest BCUT2D eigenvalue weighted by Crippen LogP contribution is -2.49. The van der Waals surface area contributed by atoms with E-state index < -0.39 is 0 Å². The average molecular weight is 371 g/mol. The van der Waals surface area contributed by atoms with E-state index in [1.807, 2.05) is 18.2 Å². The molecule has 4 N–H and O–H groups in total. The van der Waals surface area contributed by atoms with E-state index in [-0.39, 0.29) is 5.91 Å². The molecule has 1 aliphatic heterocycles. The lowest BCUT2D eigenvalue weighted by atomic mass is 10.1. The second-order valence-electron chi connectivity index (χ2n) is 7.00. The standard InChI is InChI=1S/C20H29N5O2/c1-3-22-20(24-15-8-10-25(11-9-15)13-19(21)26)23-12-18-14(2)16-6-4-5-7-17(16)27-18/h4-7,15H,3,8-13H2,1-2H3,(H2,21,26)(H2,22,23,24). The molecular weight excluding hydrogens is 342 g/mol. The van der Waals surface area contributed by atoms with E-state index in [1.165, 1.54) is 0 Å². The molecule has 7 nitrogen and oxygen atoms in total. The lowest BCUT2D eigenvalue weighted by molar-refractivity contribution is -0.119. The van der Waals surface area contributed by atoms with Crippen LogP contribution >= 0.6 is 0 Å². The molecule has 0 bridgehead atoms. The number of carbonyl (C=O) groups excluding carboxylic acids is 1. The van der Waals surface area contributed by atoms with E-state index in [9.17, 15) is 4.79 Å². The van der Waals surface area contributed by atoms with Crippen LogP contribution in [0.3, 0.4) is 0 Å². The maximum atomic E-state index is 11.1. The first-order valence-electron chi connectivity index (χ1n) is 9.59. The summed E-state index contributed by atoms with van der Waals surface area (Å²) in [4.78, 5) is 17.9. The Kier molecular flexibility index (Phi) is 6.34. The third-order valence-corrected chi connectivity index (χ3v) is 4.98. The minimum atomic E-state index is -0.266. The number of furan rings is 1. The molecule has 2 aromatic rings. The number of piperidine rings is 1. The van der Waals surface area contributed by atoms with E-state index in [2.05, 4.69) is 35.4 Å². The van der Waals surface area contributed by atoms with Crippen molar-refractivity contribution in [2.75, 3.05) is 26.2 Å². The maximum absolute atomic E-state index is 11.1. The molecule has 0 atom stereocenters. The fourth-order valence-corrected chi connectivity index (χ4v) is 3.50. The first-order chi connectivity index (χ1) is 13.1. The number of nitrogens with zero attached hydrogens (tertiary/aromatic N) is 2. The van der Waals surface area contributed by atoms with Gasteiger partial charge in [-0.05, 0) is 32.8 Å². The molecule has 1 aromatic heterocycles. The maximum Gasteiger partial charge on any atom is 0.231 e. The smallest absolute Gasteiger partial charge is 0.231 e. The summed E-state index contributed by atoms with van der Waals surface area (Å²) in [6, 6.07) is 8.40. The van der Waals surface area contributed by atoms with Gasteiger partial charge in [0.2, 0.25) is 5.91 Å². The minimum Gasteiger partial charge on any atom is -0.459 e. The van der Waals surface area contributed by atoms with Crippen LogP contribution in [0.1, 0.15) is 31.1 Å². The van der Waals surface area contributed by atoms with E-state index in [4.69, 9.17) is 15.1 Å². The van der Waals surface area contributed by atoms with Gasteiger partial charge in [0.1, 0.15) is 17.9 Å². The molecule has 1 saturated heterocycles. The quantitative estimate of drug-likeness (QED) is 0.531. The highest BCUT2D eigenvalue weighted by atomic mass is 16.3. The van der Waals surface area contributed by atoms with Crippen molar-refractivity contribution in [3.05, 3.63) is 35.6 Å². The number of aryl methyl sites for hydroxylation is 1. The van der Waals surface area contributed by atoms with E-state index in [0.717, 1.165) is 60.7 Å². The topological polar surface area (TPSA) is 95.9 Å². The van der Waals surface area contributed by atoms with Crippen LogP contribution in [0.5, 0.6) is 0 Å². The zero-order valence-corrected chi connectivity index (χ0v) is 16.1. The molecule has 7 heteroatoms. The van der Waals surface area contributed by atoms with Gasteiger partial charge >= 0.3 is 0 Å². The Labute approximate surface area is 160 Å². The number of hydrogen-bond acceptors (Lipinski definition) is 4. The second kappa shape index (κ2) is 8.90. The Morgan fingerprint density at radius 2 is 2.07 bits per heavy atom. The molecule has 0 unspecified atom stereocenters. The molecule has 1 fully saturated rings. The minimum absolute atomic E-state index is 0.266. The van der Waals surface area contributed by atoms with Crippen molar-refractivity contribution < 1.29 is 9.21 Å². The van der Waals surface area contributed by atoms with Gasteiger partial charge in [-0.1, -0.05) is 18.2 Å². The van der Waals surface area contributed by atoms with Crippen LogP contribution in [0.2, 0.25) is 0 Å². The number of benzene rings is 1. The van der Waals surface area contributed by atoms with E-state index in [1.54, 1.807) is 0 Å². The van der Waals surface area contributed by atoms with Crippen molar-refractivity contribution in [1.82, 2.24) is 15.5 Å². The third-order valence-electron chi connectivity index (χ3n) is 4.98. The van der Waals surface area contributed by atoms with Gasteiger partial charge in [0, 0.05) is 36.6 Å². The molecular formula is C20H29N5O2. The summed E-state index contributed by atoms with van der Waals surface area (Å²) in [6.07, 6.45) is 1.92. The van der Waals surface area contributed by atoms with Gasteiger partial charge in [-0.15, -0.1) is 0 Å². The van der Waals surface area contributed by atoms with Crippen LogP contribution in [0.15, 0.2) is 33.7 Å². The van der Waals surface area contributed by atoms with E-state index in [0.29, 0.717) is 19.1 Å². The largest absolute Gasteiger partial charge is 0.459 e. The van der Waals surface area contributed by atoms with Crippen molar-refractivity contribution in [3.8, 4) is 0 Å². The number of amides is 1. The summed E-state index contributed by atoms with van der Waals surface area (Å²) in [5.41, 5.74) is 7.33. The fourth-order valence-electron chi connectivity index (χ4n) is 3.50. The number of hydrogen-bond donors (Lipinski definition) is 3. The molecule has 1 amide bonds. The molecule has 146 valence electrons. The lowest BCUT2D eigenvalue weighted by Gasteiger charge is -2.32. The summed E-state index contributed by atoms with van der Waals surface area (Å²) < 4.78 is 5.96. The Hall–Kier alpha value is -2.54. The third kappa shape index (κ3) is 5.01. The normalized spacial score (nSPS) is 16.6. The molecule has 1 aromatic carbocycles. The predicted molar refractivity (Wildman–Crippen MR) is 108 cm³/mol. The van der Waals surface area contributed by atoms with Gasteiger partial charge in [0.25, 0.3) is 0 Å². The van der Waals surface area contributed by atoms with Gasteiger partial charge in [-0.2, -0.15) is 0 Å². The number of fused-ring (bicyclic) bond motifs is 1. The van der Waals surface area contributed by atoms with E-state index >= 15 is 0 Å². The molecule has 3 rings (SSSR count). The number of guanidine groups is 1. The number of para-hydroxylation sites is 1. The first-order valence-corrected chi connectivity index (χ1v) is 9.59. The van der Waals surface area contributed by atoms with Crippen LogP contribution in [-0.4, -0.2) is 49.0 Å². The van der Waals surface area contributed by atoms with Crippen LogP contribution in [-0.2, 0) is 11.3 Å². The van der Waals surface area contributed by atoms with Crippen LogP contribution < -0.4 is 16.4 Å². The Balaban J connectivity index is 1.61. The Bertz CT molecular complexity index is 806. The van der Waals surface area contributed by atoms with Crippen molar-refractivity contribution in [1.29, 1.82) is 0 Å².